The SMILES string of the molecule is CSCC[C@H](NC[C@H](CC(C)C)NC(=O)[C@H](Cc1cnc[nH]1)NC(=O)CNC(=O)[C@@H](NC(=O)[C@H](C)NC(=O)[C@H](Cc1c[nH]c2ccccc12)NC(=O)[C@H](CCC(N)=O)NC(=O)c1ccc(N(CCCl)CCCl)cc1)C(C)C)C(N)=O. The van der Waals surface area contributed by atoms with Crippen LogP contribution in [0.4, 0.5) is 5.69 Å². The van der Waals surface area contributed by atoms with Crippen LogP contribution < -0.4 is 58.9 Å². The molecule has 0 radical (unpaired) electrons. The van der Waals surface area contributed by atoms with Crippen LogP contribution in [-0.2, 0) is 51.2 Å². The number of nitrogens with zero attached hydrogens (tertiary/aromatic N) is 2. The number of alkyl halides is 2. The molecule has 0 aliphatic carbocycles. The second-order valence-corrected chi connectivity index (χ2v) is 21.9. The molecular formula is C54H78Cl2N14O9S. The lowest BCUT2D eigenvalue weighted by molar-refractivity contribution is -0.134. The van der Waals surface area contributed by atoms with E-state index >= 15 is 0 Å². The number of nitrogens with two attached hydrogens (primary N) is 2. The van der Waals surface area contributed by atoms with Crippen LogP contribution in [0.2, 0.25) is 0 Å². The van der Waals surface area contributed by atoms with Gasteiger partial charge in [-0.15, -0.1) is 23.2 Å². The third-order valence-electron chi connectivity index (χ3n) is 13.0. The van der Waals surface area contributed by atoms with Gasteiger partial charge in [0.2, 0.25) is 47.3 Å². The highest BCUT2D eigenvalue weighted by atomic mass is 35.5. The first-order valence-electron chi connectivity index (χ1n) is 26.5. The van der Waals surface area contributed by atoms with Crippen LogP contribution in [0.25, 0.3) is 10.9 Å². The van der Waals surface area contributed by atoms with Gasteiger partial charge in [0.05, 0.1) is 18.9 Å². The summed E-state index contributed by atoms with van der Waals surface area (Å²) >= 11 is 13.5. The van der Waals surface area contributed by atoms with Crippen molar-refractivity contribution in [1.82, 2.24) is 57.5 Å². The monoisotopic (exact) mass is 1170 g/mol. The minimum Gasteiger partial charge on any atom is -0.370 e. The molecule has 0 spiro atoms. The molecule has 0 saturated carbocycles. The van der Waals surface area contributed by atoms with Crippen LogP contribution in [0, 0.1) is 11.8 Å². The Bertz CT molecular complexity index is 2670. The molecule has 0 aliphatic heterocycles. The fourth-order valence-corrected chi connectivity index (χ4v) is 9.55. The van der Waals surface area contributed by atoms with E-state index in [4.69, 9.17) is 34.7 Å². The van der Waals surface area contributed by atoms with Crippen LogP contribution in [-0.4, -0.2) is 160 Å². The average Bonchev–Trinajstić information content (AvgIpc) is 4.09. The van der Waals surface area contributed by atoms with Gasteiger partial charge >= 0.3 is 0 Å². The minimum absolute atomic E-state index is 0.0266. The summed E-state index contributed by atoms with van der Waals surface area (Å²) in [5.41, 5.74) is 14.0. The Morgan fingerprint density at radius 2 is 1.38 bits per heavy atom. The number of para-hydroxylation sites is 1. The van der Waals surface area contributed by atoms with Crippen molar-refractivity contribution in [3.05, 3.63) is 84.1 Å². The number of imidazole rings is 1. The molecule has 4 rings (SSSR count). The third kappa shape index (κ3) is 21.6. The highest BCUT2D eigenvalue weighted by Crippen LogP contribution is 2.20. The second kappa shape index (κ2) is 33.6. The van der Waals surface area contributed by atoms with Gasteiger partial charge in [0.25, 0.3) is 5.91 Å². The molecule has 2 aromatic heterocycles. The first-order chi connectivity index (χ1) is 38.1. The number of rotatable bonds is 36. The van der Waals surface area contributed by atoms with Gasteiger partial charge in [0, 0.05) is 96.9 Å². The number of aromatic nitrogens is 3. The van der Waals surface area contributed by atoms with Gasteiger partial charge in [-0.05, 0) is 85.9 Å². The zero-order valence-corrected chi connectivity index (χ0v) is 48.5. The van der Waals surface area contributed by atoms with Gasteiger partial charge in [-0.2, -0.15) is 11.8 Å². The van der Waals surface area contributed by atoms with Crippen molar-refractivity contribution in [3.63, 3.8) is 0 Å². The number of amides is 9. The van der Waals surface area contributed by atoms with Crippen molar-refractivity contribution in [2.45, 2.75) is 115 Å². The molecule has 2 heterocycles. The topological polar surface area (TPSA) is 350 Å². The lowest BCUT2D eigenvalue weighted by Gasteiger charge is -2.27. The first kappa shape index (κ1) is 65.6. The van der Waals surface area contributed by atoms with Crippen molar-refractivity contribution in [2.75, 3.05) is 54.8 Å². The van der Waals surface area contributed by atoms with Crippen molar-refractivity contribution < 1.29 is 43.2 Å². The predicted molar refractivity (Wildman–Crippen MR) is 311 cm³/mol. The summed E-state index contributed by atoms with van der Waals surface area (Å²) in [4.78, 5) is 133. The van der Waals surface area contributed by atoms with Gasteiger partial charge in [0.15, 0.2) is 0 Å². The Kier molecular flexibility index (Phi) is 27.6. The number of halogens is 2. The zero-order chi connectivity index (χ0) is 58.9. The van der Waals surface area contributed by atoms with Crippen LogP contribution in [0.15, 0.2) is 67.3 Å². The van der Waals surface area contributed by atoms with E-state index in [0.717, 1.165) is 16.6 Å². The molecule has 7 atom stereocenters. The number of carbonyl (C=O) groups is 9. The fourth-order valence-electron chi connectivity index (χ4n) is 8.67. The number of nitrogens with one attached hydrogen (secondary N) is 10. The molecule has 26 heteroatoms. The number of aromatic amines is 2. The zero-order valence-electron chi connectivity index (χ0n) is 46.1. The number of thioether (sulfide) groups is 1. The standard InChI is InChI=1S/C54H78Cl2N14O9S/c1-31(2)23-37(28-61-41(48(58)73)17-22-80-6)65-53(78)44(25-36-27-59-30-63-36)66-46(72)29-62-54(79)47(32(3)4)69-49(74)33(5)64-52(77)43(24-35-26-60-40-10-8-7-9-39(35)40)68-51(76)42(15-16-45(57)71)67-50(75)34-11-13-38(14-12-34)70(20-18-55)21-19-56/h7-14,26-27,30-33,37,41-44,47,60-61H,15-25,28-29H2,1-6H3,(H2,57,71)(H2,58,73)(H,59,63)(H,62,79)(H,64,77)(H,65,78)(H,66,72)(H,67,75)(H,68,76)(H,69,74)/t33-,37-,41-,42-,43-,44-,47-/m0/s1. The summed E-state index contributed by atoms with van der Waals surface area (Å²) < 4.78 is 0. The molecule has 438 valence electrons. The van der Waals surface area contributed by atoms with E-state index < -0.39 is 108 Å². The van der Waals surface area contributed by atoms with E-state index in [1.807, 2.05) is 49.3 Å². The molecule has 2 aromatic carbocycles. The number of fused-ring (bicyclic) bond motifs is 1. The Morgan fingerprint density at radius 3 is 1.99 bits per heavy atom. The maximum atomic E-state index is 14.3. The van der Waals surface area contributed by atoms with Gasteiger partial charge < -0.3 is 68.9 Å². The fraction of sp³-hybridized carbons (Fsp3) is 0.519. The Labute approximate surface area is 480 Å². The van der Waals surface area contributed by atoms with E-state index in [-0.39, 0.29) is 43.7 Å². The highest BCUT2D eigenvalue weighted by molar-refractivity contribution is 7.98. The summed E-state index contributed by atoms with van der Waals surface area (Å²) in [5, 5.41) is 22.9. The summed E-state index contributed by atoms with van der Waals surface area (Å²) in [5.74, 6) is -5.14. The number of carbonyl (C=O) groups excluding carboxylic acids is 9. The molecule has 0 unspecified atom stereocenters. The highest BCUT2D eigenvalue weighted by Gasteiger charge is 2.33. The van der Waals surface area contributed by atoms with E-state index in [1.165, 1.54) is 19.4 Å². The lowest BCUT2D eigenvalue weighted by atomic mass is 10.0. The summed E-state index contributed by atoms with van der Waals surface area (Å²) in [7, 11) is 0. The average molecular weight is 1170 g/mol. The number of primary amides is 2. The van der Waals surface area contributed by atoms with Crippen LogP contribution >= 0.6 is 35.0 Å². The minimum atomic E-state index is -1.34. The number of H-pyrrole nitrogens is 2. The molecule has 14 N–H and O–H groups in total. The summed E-state index contributed by atoms with van der Waals surface area (Å²) in [6, 6.07) is 6.56. The van der Waals surface area contributed by atoms with Gasteiger partial charge in [-0.25, -0.2) is 4.98 Å². The van der Waals surface area contributed by atoms with Crippen LogP contribution in [0.3, 0.4) is 0 Å². The first-order valence-corrected chi connectivity index (χ1v) is 29.0. The van der Waals surface area contributed by atoms with Gasteiger partial charge in [0.1, 0.15) is 30.2 Å². The van der Waals surface area contributed by atoms with Crippen LogP contribution in [0.1, 0.15) is 81.9 Å². The number of hydrogen-bond donors (Lipinski definition) is 12. The summed E-state index contributed by atoms with van der Waals surface area (Å²) in [6.45, 7) is 9.42. The van der Waals surface area contributed by atoms with Gasteiger partial charge in [-0.1, -0.05) is 45.9 Å². The Balaban J connectivity index is 1.46. The third-order valence-corrected chi connectivity index (χ3v) is 13.9. The molecule has 23 nitrogen and oxygen atoms in total. The van der Waals surface area contributed by atoms with E-state index in [9.17, 15) is 43.2 Å². The molecule has 4 aromatic rings. The van der Waals surface area contributed by atoms with Gasteiger partial charge in [-0.3, -0.25) is 43.2 Å². The number of benzene rings is 2. The van der Waals surface area contributed by atoms with E-state index in [1.54, 1.807) is 56.1 Å². The van der Waals surface area contributed by atoms with Crippen LogP contribution in [0.5, 0.6) is 0 Å². The smallest absolute Gasteiger partial charge is 0.251 e. The van der Waals surface area contributed by atoms with E-state index in [0.29, 0.717) is 54.7 Å². The normalized spacial score (nSPS) is 13.9. The Hall–Kier alpha value is -6.89. The predicted octanol–water partition coefficient (Wildman–Crippen LogP) is 1.48. The van der Waals surface area contributed by atoms with Crippen molar-refractivity contribution in [2.24, 2.45) is 23.3 Å². The van der Waals surface area contributed by atoms with Crippen molar-refractivity contribution in [1.29, 1.82) is 0 Å². The molecule has 0 saturated heterocycles. The molecule has 0 fully saturated rings. The molecular weight excluding hydrogens is 1090 g/mol. The maximum absolute atomic E-state index is 14.3. The molecule has 0 bridgehead atoms. The van der Waals surface area contributed by atoms with Crippen molar-refractivity contribution in [3.8, 4) is 0 Å². The molecule has 80 heavy (non-hydrogen) atoms. The molecule has 0 aliphatic rings. The van der Waals surface area contributed by atoms with Crippen molar-refractivity contribution >= 4 is 105 Å². The molecule has 9 amide bonds. The quantitative estimate of drug-likeness (QED) is 0.0288. The summed E-state index contributed by atoms with van der Waals surface area (Å²) in [6.07, 6.45) is 7.07. The number of anilines is 1. The lowest BCUT2D eigenvalue weighted by Crippen LogP contribution is -2.59. The second-order valence-electron chi connectivity index (χ2n) is 20.1. The number of hydrogen-bond acceptors (Lipinski definition) is 13. The van der Waals surface area contributed by atoms with E-state index in [2.05, 4.69) is 57.5 Å². The Morgan fingerprint density at radius 1 is 0.713 bits per heavy atom. The largest absolute Gasteiger partial charge is 0.370 e. The maximum Gasteiger partial charge on any atom is 0.251 e.